The molecule has 5 nitrogen and oxygen atoms in total. The third-order valence-corrected chi connectivity index (χ3v) is 1.90. The number of nitrogens with zero attached hydrogens (tertiary/aromatic N) is 3. The third-order valence-electron chi connectivity index (χ3n) is 1.90. The highest BCUT2D eigenvalue weighted by Crippen LogP contribution is 2.29. The Labute approximate surface area is 74.8 Å². The van der Waals surface area contributed by atoms with Gasteiger partial charge in [0.25, 0.3) is 0 Å². The third kappa shape index (κ3) is 1.62. The second-order valence-electron chi connectivity index (χ2n) is 2.78. The van der Waals surface area contributed by atoms with Crippen LogP contribution in [0.3, 0.4) is 0 Å². The van der Waals surface area contributed by atoms with E-state index in [4.69, 9.17) is 5.39 Å². The van der Waals surface area contributed by atoms with Crippen molar-refractivity contribution in [3.63, 3.8) is 0 Å². The molecule has 1 aromatic rings. The van der Waals surface area contributed by atoms with Gasteiger partial charge in [-0.25, -0.2) is 0 Å². The van der Waals surface area contributed by atoms with E-state index in [9.17, 15) is 10.1 Å². The van der Waals surface area contributed by atoms with Crippen molar-refractivity contribution in [2.45, 2.75) is 13.8 Å². The minimum Gasteiger partial charge on any atom is -0.258 e. The van der Waals surface area contributed by atoms with E-state index in [1.165, 1.54) is 12.1 Å². The Morgan fingerprint density at radius 1 is 1.38 bits per heavy atom. The molecule has 0 aliphatic rings. The number of nitro groups is 1. The lowest BCUT2D eigenvalue weighted by Crippen LogP contribution is -1.90. The summed E-state index contributed by atoms with van der Waals surface area (Å²) in [6.07, 6.45) is 0. The average molecular weight is 178 g/mol. The van der Waals surface area contributed by atoms with Crippen molar-refractivity contribution in [2.24, 2.45) is 0 Å². The summed E-state index contributed by atoms with van der Waals surface area (Å²) in [7, 11) is 0. The first-order valence-corrected chi connectivity index (χ1v) is 3.67. The number of diazo groups is 1. The highest BCUT2D eigenvalue weighted by Gasteiger charge is 2.25. The van der Waals surface area contributed by atoms with Crippen molar-refractivity contribution in [3.05, 3.63) is 38.3 Å². The van der Waals surface area contributed by atoms with Gasteiger partial charge in [-0.15, -0.1) is 0 Å². The summed E-state index contributed by atoms with van der Waals surface area (Å²) < 4.78 is 0. The van der Waals surface area contributed by atoms with Crippen molar-refractivity contribution in [2.75, 3.05) is 0 Å². The molecule has 5 heteroatoms. The molecular weight excluding hydrogens is 170 g/mol. The Bertz CT molecular complexity index is 407. The van der Waals surface area contributed by atoms with Crippen LogP contribution in [0.15, 0.2) is 12.1 Å². The first-order valence-electron chi connectivity index (χ1n) is 3.67. The fourth-order valence-corrected chi connectivity index (χ4v) is 1.01. The second kappa shape index (κ2) is 3.19. The molecule has 0 aliphatic heterocycles. The number of hydrogen-bond donors (Lipinski definition) is 0. The van der Waals surface area contributed by atoms with E-state index >= 15 is 0 Å². The predicted octanol–water partition coefficient (Wildman–Crippen LogP) is 2.70. The molecule has 0 fully saturated rings. The van der Waals surface area contributed by atoms with Gasteiger partial charge < -0.3 is 0 Å². The normalized spacial score (nSPS) is 9.31. The van der Waals surface area contributed by atoms with E-state index in [1.807, 2.05) is 0 Å². The van der Waals surface area contributed by atoms with Crippen molar-refractivity contribution in [1.29, 1.82) is 5.39 Å². The Morgan fingerprint density at radius 3 is 2.38 bits per heavy atom. The zero-order valence-corrected chi connectivity index (χ0v) is 7.31. The highest BCUT2D eigenvalue weighted by atomic mass is 16.6. The molecule has 0 spiro atoms. The zero-order valence-electron chi connectivity index (χ0n) is 7.31. The van der Waals surface area contributed by atoms with Crippen LogP contribution in [-0.2, 0) is 0 Å². The summed E-state index contributed by atoms with van der Waals surface area (Å²) in [5, 5.41) is 19.0. The molecule has 0 amide bonds. The first-order chi connectivity index (χ1) is 6.06. The van der Waals surface area contributed by atoms with E-state index in [0.29, 0.717) is 0 Å². The number of benzene rings is 1. The topological polar surface area (TPSA) is 71.3 Å². The molecule has 0 aromatic heterocycles. The Morgan fingerprint density at radius 2 is 1.92 bits per heavy atom. The minimum atomic E-state index is -0.568. The maximum absolute atomic E-state index is 10.5. The summed E-state index contributed by atoms with van der Waals surface area (Å²) in [5.41, 5.74) is 1.48. The summed E-state index contributed by atoms with van der Waals surface area (Å²) in [5.74, 6) is 0. The van der Waals surface area contributed by atoms with E-state index in [-0.39, 0.29) is 11.4 Å². The quantitative estimate of drug-likeness (QED) is 0.377. The molecule has 0 N–H and O–H groups in total. The molecule has 0 unspecified atom stereocenters. The smallest absolute Gasteiger partial charge is 0.258 e. The van der Waals surface area contributed by atoms with Crippen LogP contribution in [0.2, 0.25) is 0 Å². The molecule has 0 aliphatic carbocycles. The van der Waals surface area contributed by atoms with Gasteiger partial charge in [0.2, 0.25) is 5.39 Å². The van der Waals surface area contributed by atoms with Crippen molar-refractivity contribution in [3.8, 4) is 0 Å². The van der Waals surface area contributed by atoms with Crippen LogP contribution in [0, 0.1) is 29.4 Å². The minimum absolute atomic E-state index is 0.00639. The van der Waals surface area contributed by atoms with Crippen LogP contribution in [0.4, 0.5) is 11.4 Å². The molecule has 0 atom stereocenters. The summed E-state index contributed by atoms with van der Waals surface area (Å²) in [4.78, 5) is 12.8. The SMILES string of the molecule is Cc1cc([N+]#N)c([N+](=O)[O-])cc1C. The Kier molecular flexibility index (Phi) is 2.24. The molecule has 0 saturated heterocycles. The van der Waals surface area contributed by atoms with E-state index in [0.717, 1.165) is 11.1 Å². The number of aryl methyl sites for hydroxylation is 2. The van der Waals surface area contributed by atoms with Gasteiger partial charge in [0.1, 0.15) is 0 Å². The van der Waals surface area contributed by atoms with Crippen LogP contribution >= 0.6 is 0 Å². The standard InChI is InChI=1S/C8H8N3O2/c1-5-3-7(10-9)8(11(12)13)4-6(5)2/h3-4H,1-2H3/q+1. The molecule has 13 heavy (non-hydrogen) atoms. The van der Waals surface area contributed by atoms with Crippen molar-refractivity contribution >= 4 is 11.4 Å². The summed E-state index contributed by atoms with van der Waals surface area (Å²) in [6, 6.07) is 2.87. The second-order valence-corrected chi connectivity index (χ2v) is 2.78. The molecule has 1 aromatic carbocycles. The largest absolute Gasteiger partial charge is 0.461 e. The number of rotatable bonds is 1. The number of nitro benzene ring substituents is 1. The molecule has 0 bridgehead atoms. The van der Waals surface area contributed by atoms with E-state index < -0.39 is 4.92 Å². The zero-order chi connectivity index (χ0) is 10.0. The lowest BCUT2D eigenvalue weighted by Gasteiger charge is -1.95. The summed E-state index contributed by atoms with van der Waals surface area (Å²) >= 11 is 0. The van der Waals surface area contributed by atoms with Gasteiger partial charge in [0.15, 0.2) is 4.98 Å². The molecule has 0 heterocycles. The van der Waals surface area contributed by atoms with Gasteiger partial charge in [0.05, 0.1) is 4.92 Å². The molecule has 1 rings (SSSR count). The van der Waals surface area contributed by atoms with Gasteiger partial charge in [-0.1, -0.05) is 0 Å². The molecule has 0 saturated carbocycles. The lowest BCUT2D eigenvalue weighted by molar-refractivity contribution is -0.383. The van der Waals surface area contributed by atoms with Crippen LogP contribution in [0.5, 0.6) is 0 Å². The van der Waals surface area contributed by atoms with Gasteiger partial charge >= 0.3 is 11.4 Å². The fourth-order valence-electron chi connectivity index (χ4n) is 1.01. The van der Waals surface area contributed by atoms with Crippen molar-refractivity contribution in [1.82, 2.24) is 0 Å². The maximum Gasteiger partial charge on any atom is 0.461 e. The van der Waals surface area contributed by atoms with E-state index in [1.54, 1.807) is 13.8 Å². The van der Waals surface area contributed by atoms with Gasteiger partial charge in [-0.2, -0.15) is 0 Å². The van der Waals surface area contributed by atoms with Crippen LogP contribution in [-0.4, -0.2) is 4.92 Å². The molecule has 0 radical (unpaired) electrons. The van der Waals surface area contributed by atoms with Gasteiger partial charge in [-0.3, -0.25) is 10.1 Å². The highest BCUT2D eigenvalue weighted by molar-refractivity contribution is 5.64. The average Bonchev–Trinajstić information content (AvgIpc) is 2.08. The Hall–Kier alpha value is -1.96. The van der Waals surface area contributed by atoms with Gasteiger partial charge in [0, 0.05) is 12.1 Å². The van der Waals surface area contributed by atoms with Crippen LogP contribution < -0.4 is 0 Å². The maximum atomic E-state index is 10.5. The van der Waals surface area contributed by atoms with E-state index in [2.05, 4.69) is 4.98 Å². The lowest BCUT2D eigenvalue weighted by atomic mass is 10.1. The first kappa shape index (κ1) is 9.13. The molecule has 66 valence electrons. The fraction of sp³-hybridized carbons (Fsp3) is 0.250. The van der Waals surface area contributed by atoms with Crippen molar-refractivity contribution < 1.29 is 4.92 Å². The molecular formula is C8H8N3O2+. The summed E-state index contributed by atoms with van der Waals surface area (Å²) in [6.45, 7) is 3.57. The Balaban J connectivity index is 3.44. The van der Waals surface area contributed by atoms with Crippen LogP contribution in [0.25, 0.3) is 4.98 Å². The monoisotopic (exact) mass is 178 g/mol. The van der Waals surface area contributed by atoms with Crippen LogP contribution in [0.1, 0.15) is 11.1 Å². The predicted molar refractivity (Wildman–Crippen MR) is 47.3 cm³/mol. The van der Waals surface area contributed by atoms with Gasteiger partial charge in [-0.05, 0) is 25.0 Å². The number of hydrogen-bond acceptors (Lipinski definition) is 3.